The van der Waals surface area contributed by atoms with Crippen LogP contribution in [0.2, 0.25) is 0 Å². The Morgan fingerprint density at radius 1 is 1.13 bits per heavy atom. The third-order valence-corrected chi connectivity index (χ3v) is 6.32. The van der Waals surface area contributed by atoms with Crippen LogP contribution in [0.1, 0.15) is 18.6 Å². The van der Waals surface area contributed by atoms with Gasteiger partial charge in [-0.05, 0) is 42.9 Å². The van der Waals surface area contributed by atoms with Crippen molar-refractivity contribution in [2.24, 2.45) is 28.8 Å². The number of hydrogen-bond acceptors (Lipinski definition) is 7. The second kappa shape index (κ2) is 7.19. The highest BCUT2D eigenvalue weighted by Crippen LogP contribution is 2.49. The van der Waals surface area contributed by atoms with Crippen LogP contribution in [0.5, 0.6) is 5.75 Å². The third-order valence-electron chi connectivity index (χ3n) is 6.32. The predicted octanol–water partition coefficient (Wildman–Crippen LogP) is 3.39. The van der Waals surface area contributed by atoms with E-state index in [1.54, 1.807) is 12.1 Å². The number of rotatable bonds is 5. The molecular weight excluding hydrogens is 402 g/mol. The zero-order valence-electron chi connectivity index (χ0n) is 16.6. The minimum atomic E-state index is -0.500. The molecule has 0 unspecified atom stereocenters. The lowest BCUT2D eigenvalue weighted by Gasteiger charge is -2.37. The standard InChI is InChI=1S/C22H19N3O6/c1-30-17-8-6-14(25(28)29)10-16(17)18-9-7-15(31-18)11-23-24-21(26)19-12-2-3-13(5-4-12)20(19)22(24)27/h2-3,6-13,19-20H,4-5H2,1H3/b23-11-/t12-,13-,19-,20+/m0/s1. The second-order valence-electron chi connectivity index (χ2n) is 7.92. The molecule has 1 aliphatic heterocycles. The number of nitrogens with zero attached hydrogens (tertiary/aromatic N) is 3. The fourth-order valence-electron chi connectivity index (χ4n) is 4.86. The highest BCUT2D eigenvalue weighted by molar-refractivity contribution is 6.06. The van der Waals surface area contributed by atoms with Gasteiger partial charge in [0.2, 0.25) is 0 Å². The van der Waals surface area contributed by atoms with Crippen LogP contribution in [0.4, 0.5) is 5.69 Å². The number of hydrazone groups is 1. The van der Waals surface area contributed by atoms with Crippen LogP contribution in [-0.2, 0) is 9.59 Å². The largest absolute Gasteiger partial charge is 0.496 e. The molecule has 2 aromatic rings. The topological polar surface area (TPSA) is 115 Å². The highest BCUT2D eigenvalue weighted by atomic mass is 16.6. The number of fused-ring (bicyclic) bond motifs is 1. The van der Waals surface area contributed by atoms with Gasteiger partial charge in [0.25, 0.3) is 17.5 Å². The number of benzene rings is 1. The van der Waals surface area contributed by atoms with Crippen LogP contribution in [-0.4, -0.2) is 35.1 Å². The Bertz CT molecular complexity index is 1120. The molecule has 2 heterocycles. The summed E-state index contributed by atoms with van der Waals surface area (Å²) in [5.41, 5.74) is 0.319. The number of methoxy groups -OCH3 is 1. The maximum absolute atomic E-state index is 12.8. The van der Waals surface area contributed by atoms with Crippen molar-refractivity contribution in [3.05, 3.63) is 58.4 Å². The molecule has 1 saturated heterocycles. The molecule has 1 saturated carbocycles. The Balaban J connectivity index is 1.40. The van der Waals surface area contributed by atoms with Crippen LogP contribution in [0.15, 0.2) is 52.0 Å². The number of hydrogen-bond donors (Lipinski definition) is 0. The van der Waals surface area contributed by atoms with Gasteiger partial charge in [-0.3, -0.25) is 19.7 Å². The van der Waals surface area contributed by atoms with Crippen LogP contribution in [0.3, 0.4) is 0 Å². The lowest BCUT2D eigenvalue weighted by molar-refractivity contribution is -0.384. The molecule has 9 heteroatoms. The Kier molecular flexibility index (Phi) is 4.46. The van der Waals surface area contributed by atoms with Crippen LogP contribution in [0.25, 0.3) is 11.3 Å². The molecule has 2 bridgehead atoms. The van der Waals surface area contributed by atoms with Gasteiger partial charge in [0.15, 0.2) is 0 Å². The number of imide groups is 1. The molecule has 4 aliphatic rings. The van der Waals surface area contributed by atoms with E-state index in [1.165, 1.54) is 31.5 Å². The molecule has 3 aliphatic carbocycles. The molecule has 0 N–H and O–H groups in total. The monoisotopic (exact) mass is 421 g/mol. The molecule has 158 valence electrons. The lowest BCUT2D eigenvalue weighted by atomic mass is 9.63. The van der Waals surface area contributed by atoms with Crippen molar-refractivity contribution in [2.45, 2.75) is 12.8 Å². The van der Waals surface area contributed by atoms with Crippen molar-refractivity contribution in [3.8, 4) is 17.1 Å². The average molecular weight is 421 g/mol. The molecule has 1 aromatic carbocycles. The normalized spacial score (nSPS) is 26.7. The van der Waals surface area contributed by atoms with Gasteiger partial charge in [0.1, 0.15) is 17.3 Å². The Hall–Kier alpha value is -3.75. The number of carbonyl (C=O) groups is 2. The summed E-state index contributed by atoms with van der Waals surface area (Å²) in [6.07, 6.45) is 7.27. The van der Waals surface area contributed by atoms with Gasteiger partial charge in [0, 0.05) is 12.1 Å². The minimum absolute atomic E-state index is 0.0958. The lowest BCUT2D eigenvalue weighted by Crippen LogP contribution is -2.38. The molecule has 2 amide bonds. The Morgan fingerprint density at radius 2 is 1.81 bits per heavy atom. The zero-order chi connectivity index (χ0) is 21.7. The second-order valence-corrected chi connectivity index (χ2v) is 7.92. The summed E-state index contributed by atoms with van der Waals surface area (Å²) in [5, 5.41) is 16.2. The van der Waals surface area contributed by atoms with Gasteiger partial charge >= 0.3 is 0 Å². The van der Waals surface area contributed by atoms with Crippen LogP contribution in [0, 0.1) is 33.8 Å². The number of furan rings is 1. The first-order chi connectivity index (χ1) is 15.0. The first kappa shape index (κ1) is 19.2. The summed E-state index contributed by atoms with van der Waals surface area (Å²) in [6.45, 7) is 0. The van der Waals surface area contributed by atoms with E-state index in [0.29, 0.717) is 22.8 Å². The van der Waals surface area contributed by atoms with Crippen molar-refractivity contribution in [3.63, 3.8) is 0 Å². The quantitative estimate of drug-likeness (QED) is 0.240. The molecule has 2 fully saturated rings. The van der Waals surface area contributed by atoms with E-state index in [1.807, 2.05) is 0 Å². The fraction of sp³-hybridized carbons (Fsp3) is 0.318. The van der Waals surface area contributed by atoms with E-state index in [0.717, 1.165) is 17.9 Å². The Morgan fingerprint density at radius 3 is 2.39 bits per heavy atom. The molecular formula is C22H19N3O6. The van der Waals surface area contributed by atoms with E-state index >= 15 is 0 Å². The first-order valence-electron chi connectivity index (χ1n) is 10.0. The van der Waals surface area contributed by atoms with Crippen LogP contribution < -0.4 is 4.74 Å². The number of amides is 2. The molecule has 0 spiro atoms. The summed E-state index contributed by atoms with van der Waals surface area (Å²) in [7, 11) is 1.46. The van der Waals surface area contributed by atoms with Crippen molar-refractivity contribution in [1.82, 2.24) is 5.01 Å². The van der Waals surface area contributed by atoms with Gasteiger partial charge in [-0.2, -0.15) is 10.1 Å². The van der Waals surface area contributed by atoms with Gasteiger partial charge < -0.3 is 9.15 Å². The number of ether oxygens (including phenoxy) is 1. The number of non-ortho nitro benzene ring substituents is 1. The predicted molar refractivity (Wildman–Crippen MR) is 109 cm³/mol. The summed E-state index contributed by atoms with van der Waals surface area (Å²) in [5.74, 6) is 0.0863. The molecule has 6 rings (SSSR count). The van der Waals surface area contributed by atoms with E-state index in [4.69, 9.17) is 9.15 Å². The number of nitro benzene ring substituents is 1. The van der Waals surface area contributed by atoms with Crippen molar-refractivity contribution >= 4 is 23.7 Å². The maximum Gasteiger partial charge on any atom is 0.270 e. The number of allylic oxidation sites excluding steroid dienone is 2. The summed E-state index contributed by atoms with van der Waals surface area (Å²) in [4.78, 5) is 36.2. The third kappa shape index (κ3) is 3.04. The average Bonchev–Trinajstić information content (AvgIpc) is 3.36. The van der Waals surface area contributed by atoms with Gasteiger partial charge in [-0.1, -0.05) is 12.2 Å². The summed E-state index contributed by atoms with van der Waals surface area (Å²) >= 11 is 0. The summed E-state index contributed by atoms with van der Waals surface area (Å²) < 4.78 is 11.0. The molecule has 0 radical (unpaired) electrons. The van der Waals surface area contributed by atoms with Gasteiger partial charge in [-0.25, -0.2) is 0 Å². The molecule has 4 atom stereocenters. The fourth-order valence-corrected chi connectivity index (χ4v) is 4.86. The molecule has 9 nitrogen and oxygen atoms in total. The zero-order valence-corrected chi connectivity index (χ0v) is 16.6. The number of carbonyl (C=O) groups excluding carboxylic acids is 2. The Labute approximate surface area is 177 Å². The smallest absolute Gasteiger partial charge is 0.270 e. The number of nitro groups is 1. The molecule has 31 heavy (non-hydrogen) atoms. The summed E-state index contributed by atoms with van der Waals surface area (Å²) in [6, 6.07) is 7.44. The van der Waals surface area contributed by atoms with Gasteiger partial charge in [0.05, 0.1) is 35.6 Å². The van der Waals surface area contributed by atoms with E-state index in [9.17, 15) is 19.7 Å². The van der Waals surface area contributed by atoms with Crippen molar-refractivity contribution < 1.29 is 23.7 Å². The van der Waals surface area contributed by atoms with Gasteiger partial charge in [-0.15, -0.1) is 0 Å². The van der Waals surface area contributed by atoms with E-state index in [-0.39, 0.29) is 41.2 Å². The highest BCUT2D eigenvalue weighted by Gasteiger charge is 2.56. The minimum Gasteiger partial charge on any atom is -0.496 e. The van der Waals surface area contributed by atoms with Crippen molar-refractivity contribution in [2.75, 3.05) is 7.11 Å². The molecule has 1 aromatic heterocycles. The van der Waals surface area contributed by atoms with E-state index < -0.39 is 4.92 Å². The first-order valence-corrected chi connectivity index (χ1v) is 10.0. The van der Waals surface area contributed by atoms with E-state index in [2.05, 4.69) is 17.3 Å². The SMILES string of the molecule is COc1ccc([N+](=O)[O-])cc1-c1ccc(/C=N\N2C(=O)[C@@H]3[C@H](C2=O)[C@H]2C=C[C@H]3CC2)o1. The van der Waals surface area contributed by atoms with Crippen LogP contribution >= 0.6 is 0 Å². The maximum atomic E-state index is 12.8. The van der Waals surface area contributed by atoms with Crippen molar-refractivity contribution in [1.29, 1.82) is 0 Å².